The Hall–Kier alpha value is -3.73. The summed E-state index contributed by atoms with van der Waals surface area (Å²) in [7, 11) is 0. The van der Waals surface area contributed by atoms with Gasteiger partial charge >= 0.3 is 5.97 Å². The fourth-order valence-corrected chi connectivity index (χ4v) is 6.51. The van der Waals surface area contributed by atoms with Gasteiger partial charge in [0.2, 0.25) is 0 Å². The van der Waals surface area contributed by atoms with Crippen LogP contribution in [0.4, 0.5) is 8.78 Å². The predicted octanol–water partition coefficient (Wildman–Crippen LogP) is 3.40. The predicted molar refractivity (Wildman–Crippen MR) is 145 cm³/mol. The number of aromatic nitrogens is 2. The van der Waals surface area contributed by atoms with E-state index in [2.05, 4.69) is 0 Å². The number of rotatable bonds is 3. The van der Waals surface area contributed by atoms with Gasteiger partial charge in [-0.05, 0) is 41.3 Å². The zero-order valence-electron chi connectivity index (χ0n) is 21.9. The highest BCUT2D eigenvalue weighted by atomic mass is 19.3. The van der Waals surface area contributed by atoms with Crippen LogP contribution in [0.15, 0.2) is 47.3 Å². The molecule has 5 heterocycles. The lowest BCUT2D eigenvalue weighted by atomic mass is 9.86. The summed E-state index contributed by atoms with van der Waals surface area (Å²) in [6.07, 6.45) is 0.220. The molecule has 0 radical (unpaired) electrons. The van der Waals surface area contributed by atoms with Gasteiger partial charge in [-0.3, -0.25) is 9.69 Å². The van der Waals surface area contributed by atoms with Crippen LogP contribution in [0.25, 0.3) is 33.1 Å². The average molecular weight is 547 g/mol. The van der Waals surface area contributed by atoms with E-state index in [4.69, 9.17) is 15.5 Å². The van der Waals surface area contributed by atoms with Crippen LogP contribution in [-0.4, -0.2) is 50.6 Å². The second-order valence-electron chi connectivity index (χ2n) is 11.1. The van der Waals surface area contributed by atoms with Gasteiger partial charge in [0.05, 0.1) is 41.6 Å². The number of nitrogens with zero attached hydrogens (tertiary/aromatic N) is 3. The maximum absolute atomic E-state index is 14.7. The summed E-state index contributed by atoms with van der Waals surface area (Å²) in [6.45, 7) is 1.83. The largest absolute Gasteiger partial charge is 0.458 e. The first-order valence-electron chi connectivity index (χ1n) is 13.5. The van der Waals surface area contributed by atoms with E-state index in [1.807, 2.05) is 36.4 Å². The minimum absolute atomic E-state index is 0.0439. The molecule has 1 saturated heterocycles. The molecule has 2 aromatic heterocycles. The van der Waals surface area contributed by atoms with Gasteiger partial charge < -0.3 is 20.1 Å². The molecule has 10 heteroatoms. The van der Waals surface area contributed by atoms with Gasteiger partial charge in [-0.1, -0.05) is 37.3 Å². The summed E-state index contributed by atoms with van der Waals surface area (Å²) in [5, 5.41) is 14.0. The number of fused-ring (bicyclic) bond motifs is 7. The van der Waals surface area contributed by atoms with Crippen molar-refractivity contribution in [2.45, 2.75) is 57.0 Å². The summed E-state index contributed by atoms with van der Waals surface area (Å²) < 4.78 is 36.1. The number of alkyl halides is 2. The van der Waals surface area contributed by atoms with Gasteiger partial charge in [0, 0.05) is 29.6 Å². The Morgan fingerprint density at radius 2 is 1.98 bits per heavy atom. The number of cyclic esters (lactones) is 1. The van der Waals surface area contributed by atoms with Crippen molar-refractivity contribution < 1.29 is 23.4 Å². The quantitative estimate of drug-likeness (QED) is 0.264. The maximum Gasteiger partial charge on any atom is 0.343 e. The van der Waals surface area contributed by atoms with Gasteiger partial charge in [0.15, 0.2) is 5.60 Å². The second-order valence-corrected chi connectivity index (χ2v) is 11.1. The van der Waals surface area contributed by atoms with Crippen molar-refractivity contribution in [2.24, 2.45) is 5.73 Å². The number of halogens is 2. The zero-order chi connectivity index (χ0) is 28.0. The fraction of sp³-hybridized carbons (Fsp3) is 0.367. The highest BCUT2D eigenvalue weighted by Gasteiger charge is 2.46. The molecule has 2 aromatic carbocycles. The normalized spacial score (nSPS) is 23.6. The van der Waals surface area contributed by atoms with Crippen molar-refractivity contribution in [3.05, 3.63) is 75.1 Å². The van der Waals surface area contributed by atoms with Gasteiger partial charge in [0.1, 0.15) is 6.61 Å². The number of pyridine rings is 2. The van der Waals surface area contributed by atoms with Crippen LogP contribution >= 0.6 is 0 Å². The molecule has 0 bridgehead atoms. The smallest absolute Gasteiger partial charge is 0.343 e. The van der Waals surface area contributed by atoms with Crippen molar-refractivity contribution in [1.82, 2.24) is 14.5 Å². The molecule has 0 spiro atoms. The molecule has 2 atom stereocenters. The monoisotopic (exact) mass is 546 g/mol. The van der Waals surface area contributed by atoms with E-state index in [0.717, 1.165) is 27.3 Å². The topological polar surface area (TPSA) is 111 Å². The Morgan fingerprint density at radius 3 is 2.75 bits per heavy atom. The number of nitrogens with two attached hydrogens (primary N) is 1. The van der Waals surface area contributed by atoms with Crippen LogP contribution in [-0.2, 0) is 34.8 Å². The lowest BCUT2D eigenvalue weighted by Gasteiger charge is -2.37. The van der Waals surface area contributed by atoms with Gasteiger partial charge in [0.25, 0.3) is 11.5 Å². The first kappa shape index (κ1) is 25.3. The van der Waals surface area contributed by atoms with E-state index >= 15 is 0 Å². The standard InChI is InChI=1S/C30H28F2N4O4/c1-2-29(39)21-11-23-26-19(13-36(23)27(37)20(21)14-40-28(29)38)18(12-35-10-9-24(33)30(31,32)15-35)25-17-6-4-3-5-16(17)7-8-22(25)34-26/h3-8,11,24,39H,2,9-10,12-15,33H2,1H3/t24?,29-/m0/s1. The molecule has 4 aromatic rings. The number of carbonyl (C=O) groups is 1. The number of hydrogen-bond donors (Lipinski definition) is 2. The second kappa shape index (κ2) is 8.63. The summed E-state index contributed by atoms with van der Waals surface area (Å²) in [6, 6.07) is 12.2. The van der Waals surface area contributed by atoms with Crippen LogP contribution in [0.1, 0.15) is 42.0 Å². The molecular weight excluding hydrogens is 518 g/mol. The lowest BCUT2D eigenvalue weighted by Crippen LogP contribution is -2.55. The third-order valence-corrected chi connectivity index (χ3v) is 8.81. The fourth-order valence-electron chi connectivity index (χ4n) is 6.51. The molecule has 40 heavy (non-hydrogen) atoms. The van der Waals surface area contributed by atoms with E-state index in [1.54, 1.807) is 22.5 Å². The number of carbonyl (C=O) groups excluding carboxylic acids is 1. The van der Waals surface area contributed by atoms with Crippen molar-refractivity contribution in [1.29, 1.82) is 0 Å². The Labute approximate surface area is 228 Å². The summed E-state index contributed by atoms with van der Waals surface area (Å²) in [4.78, 5) is 33.0. The van der Waals surface area contributed by atoms with Gasteiger partial charge in [-0.25, -0.2) is 18.6 Å². The van der Waals surface area contributed by atoms with Crippen LogP contribution < -0.4 is 11.3 Å². The molecule has 3 N–H and O–H groups in total. The Bertz CT molecular complexity index is 1800. The summed E-state index contributed by atoms with van der Waals surface area (Å²) in [5.74, 6) is -3.80. The van der Waals surface area contributed by atoms with Crippen molar-refractivity contribution in [2.75, 3.05) is 13.1 Å². The minimum Gasteiger partial charge on any atom is -0.458 e. The average Bonchev–Trinajstić information content (AvgIpc) is 3.31. The zero-order valence-corrected chi connectivity index (χ0v) is 21.9. The van der Waals surface area contributed by atoms with E-state index in [9.17, 15) is 23.5 Å². The number of hydrogen-bond acceptors (Lipinski definition) is 7. The molecule has 3 aliphatic heterocycles. The number of aliphatic hydroxyl groups is 1. The van der Waals surface area contributed by atoms with Crippen molar-refractivity contribution in [3.63, 3.8) is 0 Å². The van der Waals surface area contributed by atoms with E-state index in [0.29, 0.717) is 23.4 Å². The Kier molecular flexibility index (Phi) is 5.45. The molecule has 3 aliphatic rings. The number of benzene rings is 2. The molecule has 1 fully saturated rings. The Balaban J connectivity index is 1.47. The van der Waals surface area contributed by atoms with E-state index in [1.165, 1.54) is 0 Å². The lowest BCUT2D eigenvalue weighted by molar-refractivity contribution is -0.172. The number of esters is 1. The van der Waals surface area contributed by atoms with Crippen molar-refractivity contribution in [3.8, 4) is 11.4 Å². The van der Waals surface area contributed by atoms with E-state index in [-0.39, 0.29) is 49.2 Å². The van der Waals surface area contributed by atoms with Crippen LogP contribution in [0, 0.1) is 0 Å². The number of ether oxygens (including phenoxy) is 1. The molecule has 206 valence electrons. The number of likely N-dealkylation sites (tertiary alicyclic amines) is 1. The first-order chi connectivity index (χ1) is 19.1. The molecule has 0 saturated carbocycles. The SMILES string of the molecule is CC[C@@]1(O)C(=O)OCc2c1cc1n(c2=O)Cc2c-1nc1ccc3ccccc3c1c2CN1CCC(N)C(F)(F)C1. The molecule has 8 nitrogen and oxygen atoms in total. The third-order valence-electron chi connectivity index (χ3n) is 8.81. The molecule has 7 rings (SSSR count). The molecular formula is C30H28F2N4O4. The van der Waals surface area contributed by atoms with Crippen LogP contribution in [0.5, 0.6) is 0 Å². The van der Waals surface area contributed by atoms with E-state index < -0.39 is 30.1 Å². The van der Waals surface area contributed by atoms with Crippen molar-refractivity contribution >= 4 is 27.6 Å². The maximum atomic E-state index is 14.7. The number of piperidine rings is 1. The Morgan fingerprint density at radius 1 is 1.18 bits per heavy atom. The first-order valence-corrected chi connectivity index (χ1v) is 13.5. The summed E-state index contributed by atoms with van der Waals surface area (Å²) >= 11 is 0. The highest BCUT2D eigenvalue weighted by molar-refractivity contribution is 6.09. The molecule has 1 unspecified atom stereocenters. The minimum atomic E-state index is -3.01. The highest BCUT2D eigenvalue weighted by Crippen LogP contribution is 2.42. The molecule has 0 aliphatic carbocycles. The summed E-state index contributed by atoms with van der Waals surface area (Å²) in [5.41, 5.74) is 7.23. The van der Waals surface area contributed by atoms with Gasteiger partial charge in [-0.2, -0.15) is 0 Å². The third kappa shape index (κ3) is 3.49. The molecule has 0 amide bonds. The van der Waals surface area contributed by atoms with Crippen LogP contribution in [0.3, 0.4) is 0 Å². The van der Waals surface area contributed by atoms with Gasteiger partial charge in [-0.15, -0.1) is 0 Å². The van der Waals surface area contributed by atoms with Crippen LogP contribution in [0.2, 0.25) is 0 Å².